The summed E-state index contributed by atoms with van der Waals surface area (Å²) in [7, 11) is 0. The van der Waals surface area contributed by atoms with E-state index in [4.69, 9.17) is 9.84 Å². The number of carbonyl (C=O) groups is 4. The smallest absolute Gasteiger partial charge is 0.407 e. The molecule has 1 aliphatic rings. The highest BCUT2D eigenvalue weighted by Gasteiger charge is 2.29. The highest BCUT2D eigenvalue weighted by atomic mass is 16.5. The van der Waals surface area contributed by atoms with Gasteiger partial charge in [-0.25, -0.2) is 4.79 Å². The molecule has 4 N–H and O–H groups in total. The van der Waals surface area contributed by atoms with Gasteiger partial charge in [0.05, 0.1) is 0 Å². The maximum absolute atomic E-state index is 12.5. The van der Waals surface area contributed by atoms with Gasteiger partial charge in [-0.1, -0.05) is 48.5 Å². The van der Waals surface area contributed by atoms with Crippen LogP contribution in [0.3, 0.4) is 0 Å². The third-order valence-corrected chi connectivity index (χ3v) is 5.63. The van der Waals surface area contributed by atoms with E-state index in [9.17, 15) is 19.2 Å². The predicted molar refractivity (Wildman–Crippen MR) is 125 cm³/mol. The van der Waals surface area contributed by atoms with Crippen molar-refractivity contribution in [2.75, 3.05) is 19.7 Å². The zero-order chi connectivity index (χ0) is 24.5. The fourth-order valence-electron chi connectivity index (χ4n) is 4.01. The minimum absolute atomic E-state index is 0.0724. The van der Waals surface area contributed by atoms with Crippen LogP contribution in [0.25, 0.3) is 11.1 Å². The number of ether oxygens (including phenoxy) is 1. The molecule has 0 spiro atoms. The lowest BCUT2D eigenvalue weighted by Gasteiger charge is -2.19. The van der Waals surface area contributed by atoms with Crippen LogP contribution < -0.4 is 16.0 Å². The molecule has 0 heterocycles. The van der Waals surface area contributed by atoms with E-state index in [0.717, 1.165) is 22.3 Å². The third-order valence-electron chi connectivity index (χ3n) is 5.63. The summed E-state index contributed by atoms with van der Waals surface area (Å²) in [6, 6.07) is 14.8. The summed E-state index contributed by atoms with van der Waals surface area (Å²) in [5.41, 5.74) is 4.34. The van der Waals surface area contributed by atoms with E-state index in [1.807, 2.05) is 48.5 Å². The van der Waals surface area contributed by atoms with Crippen LogP contribution in [0, 0.1) is 0 Å². The number of amides is 3. The maximum atomic E-state index is 12.5. The number of hydrogen-bond acceptors (Lipinski definition) is 5. The number of hydrogen-bond donors (Lipinski definition) is 4. The quantitative estimate of drug-likeness (QED) is 0.375. The summed E-state index contributed by atoms with van der Waals surface area (Å²) >= 11 is 0. The van der Waals surface area contributed by atoms with Crippen molar-refractivity contribution in [2.24, 2.45) is 0 Å². The minimum Gasteiger partial charge on any atom is -0.481 e. The summed E-state index contributed by atoms with van der Waals surface area (Å²) in [6.07, 6.45) is -0.641. The van der Waals surface area contributed by atoms with Crippen molar-refractivity contribution in [1.82, 2.24) is 16.0 Å². The normalized spacial score (nSPS) is 12.7. The van der Waals surface area contributed by atoms with Gasteiger partial charge in [0, 0.05) is 32.4 Å². The molecule has 3 rings (SSSR count). The summed E-state index contributed by atoms with van der Waals surface area (Å²) in [5.74, 6) is -1.86. The molecule has 0 radical (unpaired) electrons. The van der Waals surface area contributed by atoms with Crippen LogP contribution in [-0.4, -0.2) is 54.7 Å². The zero-order valence-electron chi connectivity index (χ0n) is 19.0. The van der Waals surface area contributed by atoms with Gasteiger partial charge in [0.1, 0.15) is 12.6 Å². The highest BCUT2D eigenvalue weighted by molar-refractivity contribution is 5.86. The Morgan fingerprint density at radius 2 is 1.53 bits per heavy atom. The summed E-state index contributed by atoms with van der Waals surface area (Å²) in [6.45, 7) is 2.16. The molecule has 0 saturated carbocycles. The summed E-state index contributed by atoms with van der Waals surface area (Å²) < 4.78 is 5.47. The molecular formula is C25H29N3O6. The van der Waals surface area contributed by atoms with Crippen molar-refractivity contribution in [3.8, 4) is 11.1 Å². The van der Waals surface area contributed by atoms with Crippen LogP contribution in [0.5, 0.6) is 0 Å². The third kappa shape index (κ3) is 6.57. The molecule has 1 aliphatic carbocycles. The van der Waals surface area contributed by atoms with Crippen LogP contribution in [-0.2, 0) is 19.1 Å². The molecule has 1 unspecified atom stereocenters. The van der Waals surface area contributed by atoms with Crippen molar-refractivity contribution >= 4 is 23.9 Å². The molecule has 180 valence electrons. The average Bonchev–Trinajstić information content (AvgIpc) is 3.13. The van der Waals surface area contributed by atoms with Crippen LogP contribution in [0.1, 0.15) is 43.2 Å². The standard InChI is InChI=1S/C25H29N3O6/c1-16(29)26-13-6-14-27-24(32)22(11-12-23(30)31)28-25(33)34-15-21-19-9-4-2-7-17(19)18-8-3-5-10-20(18)21/h2-5,7-10,21-22H,6,11-15H2,1H3,(H,26,29)(H,27,32)(H,28,33)(H,30,31). The Hall–Kier alpha value is -3.88. The van der Waals surface area contributed by atoms with Gasteiger partial charge in [0.15, 0.2) is 0 Å². The molecule has 9 heteroatoms. The van der Waals surface area contributed by atoms with Gasteiger partial charge in [-0.2, -0.15) is 0 Å². The van der Waals surface area contributed by atoms with Gasteiger partial charge in [-0.05, 0) is 35.1 Å². The van der Waals surface area contributed by atoms with Gasteiger partial charge in [0.2, 0.25) is 11.8 Å². The van der Waals surface area contributed by atoms with Crippen molar-refractivity contribution in [3.63, 3.8) is 0 Å². The number of benzene rings is 2. The molecule has 9 nitrogen and oxygen atoms in total. The Balaban J connectivity index is 1.57. The first-order chi connectivity index (χ1) is 16.4. The van der Waals surface area contributed by atoms with Gasteiger partial charge >= 0.3 is 12.1 Å². The highest BCUT2D eigenvalue weighted by Crippen LogP contribution is 2.44. The van der Waals surface area contributed by atoms with Gasteiger partial charge in [0.25, 0.3) is 0 Å². The second-order valence-electron chi connectivity index (χ2n) is 8.08. The molecule has 1 atom stereocenters. The molecule has 2 aromatic rings. The molecule has 0 saturated heterocycles. The van der Waals surface area contributed by atoms with Gasteiger partial charge in [-0.3, -0.25) is 14.4 Å². The SMILES string of the molecule is CC(=O)NCCCNC(=O)C(CCC(=O)O)NC(=O)OCC1c2ccccc2-c2ccccc21. The lowest BCUT2D eigenvalue weighted by Crippen LogP contribution is -2.47. The first-order valence-corrected chi connectivity index (χ1v) is 11.2. The molecule has 3 amide bonds. The van der Waals surface area contributed by atoms with Crippen LogP contribution in [0.4, 0.5) is 4.79 Å². The molecule has 0 aliphatic heterocycles. The number of fused-ring (bicyclic) bond motifs is 3. The second kappa shape index (κ2) is 11.8. The topological polar surface area (TPSA) is 134 Å². The average molecular weight is 468 g/mol. The molecule has 0 aromatic heterocycles. The Morgan fingerprint density at radius 3 is 2.12 bits per heavy atom. The minimum atomic E-state index is -1.07. The van der Waals surface area contributed by atoms with Crippen LogP contribution in [0.15, 0.2) is 48.5 Å². The van der Waals surface area contributed by atoms with E-state index in [0.29, 0.717) is 13.0 Å². The Bertz CT molecular complexity index is 1010. The van der Waals surface area contributed by atoms with Crippen LogP contribution in [0.2, 0.25) is 0 Å². The molecular weight excluding hydrogens is 438 g/mol. The summed E-state index contributed by atoms with van der Waals surface area (Å²) in [4.78, 5) is 46.9. The number of nitrogens with one attached hydrogen (secondary N) is 3. The van der Waals surface area contributed by atoms with E-state index in [1.165, 1.54) is 6.92 Å². The van der Waals surface area contributed by atoms with E-state index in [2.05, 4.69) is 16.0 Å². The molecule has 0 bridgehead atoms. The van der Waals surface area contributed by atoms with Crippen LogP contribution >= 0.6 is 0 Å². The lowest BCUT2D eigenvalue weighted by molar-refractivity contribution is -0.137. The largest absolute Gasteiger partial charge is 0.481 e. The second-order valence-corrected chi connectivity index (χ2v) is 8.08. The number of carbonyl (C=O) groups excluding carboxylic acids is 3. The number of aliphatic carboxylic acids is 1. The van der Waals surface area contributed by atoms with Gasteiger partial charge in [-0.15, -0.1) is 0 Å². The van der Waals surface area contributed by atoms with Gasteiger partial charge < -0.3 is 25.8 Å². The first kappa shape index (κ1) is 24.8. The maximum Gasteiger partial charge on any atom is 0.407 e. The predicted octanol–water partition coefficient (Wildman–Crippen LogP) is 2.40. The molecule has 2 aromatic carbocycles. The van der Waals surface area contributed by atoms with E-state index in [1.54, 1.807) is 0 Å². The number of rotatable bonds is 11. The van der Waals surface area contributed by atoms with E-state index in [-0.39, 0.29) is 37.8 Å². The zero-order valence-corrected chi connectivity index (χ0v) is 19.0. The summed E-state index contributed by atoms with van der Waals surface area (Å²) in [5, 5.41) is 16.8. The van der Waals surface area contributed by atoms with Crippen molar-refractivity contribution in [2.45, 2.75) is 38.1 Å². The Kier molecular flexibility index (Phi) is 8.61. The Labute approximate surface area is 197 Å². The van der Waals surface area contributed by atoms with E-state index < -0.39 is 24.0 Å². The first-order valence-electron chi connectivity index (χ1n) is 11.2. The monoisotopic (exact) mass is 467 g/mol. The fraction of sp³-hybridized carbons (Fsp3) is 0.360. The van der Waals surface area contributed by atoms with Crippen molar-refractivity contribution in [3.05, 3.63) is 59.7 Å². The molecule has 0 fully saturated rings. The van der Waals surface area contributed by atoms with Crippen molar-refractivity contribution in [1.29, 1.82) is 0 Å². The number of carboxylic acid groups (broad SMARTS) is 1. The molecule has 34 heavy (non-hydrogen) atoms. The number of carboxylic acids is 1. The number of alkyl carbamates (subject to hydrolysis) is 1. The Morgan fingerprint density at radius 1 is 0.941 bits per heavy atom. The van der Waals surface area contributed by atoms with E-state index >= 15 is 0 Å². The van der Waals surface area contributed by atoms with Crippen molar-refractivity contribution < 1.29 is 29.0 Å². The lowest BCUT2D eigenvalue weighted by atomic mass is 9.98. The fourth-order valence-corrected chi connectivity index (χ4v) is 4.01.